The van der Waals surface area contributed by atoms with E-state index in [4.69, 9.17) is 10.5 Å². The van der Waals surface area contributed by atoms with Crippen LogP contribution < -0.4 is 10.5 Å². The van der Waals surface area contributed by atoms with Gasteiger partial charge in [-0.1, -0.05) is 19.9 Å². The van der Waals surface area contributed by atoms with Crippen LogP contribution in [0.2, 0.25) is 0 Å². The number of likely N-dealkylation sites (tertiary alicyclic amines) is 1. The second-order valence-electron chi connectivity index (χ2n) is 5.19. The quantitative estimate of drug-likeness (QED) is 0.841. The van der Waals surface area contributed by atoms with Gasteiger partial charge in [-0.05, 0) is 17.7 Å². The molecule has 1 aliphatic heterocycles. The molecule has 5 heteroatoms. The third-order valence-electron chi connectivity index (χ3n) is 3.97. The van der Waals surface area contributed by atoms with E-state index in [2.05, 4.69) is 0 Å². The number of hydrogen-bond donors (Lipinski definition) is 1. The molecule has 0 aliphatic carbocycles. The Morgan fingerprint density at radius 3 is 2.30 bits per heavy atom. The number of ether oxygens (including phenoxy) is 1. The molecule has 0 radical (unpaired) electrons. The number of amides is 2. The van der Waals surface area contributed by atoms with E-state index >= 15 is 0 Å². The lowest BCUT2D eigenvalue weighted by molar-refractivity contribution is -0.140. The van der Waals surface area contributed by atoms with E-state index in [-0.39, 0.29) is 23.7 Å². The molecule has 1 saturated heterocycles. The number of nitrogens with two attached hydrogens (primary N) is 1. The number of carbonyl (C=O) groups is 2. The van der Waals surface area contributed by atoms with Crippen molar-refractivity contribution in [3.63, 3.8) is 0 Å². The summed E-state index contributed by atoms with van der Waals surface area (Å²) in [6.07, 6.45) is 0. The zero-order valence-electron chi connectivity index (χ0n) is 12.1. The first-order chi connectivity index (χ1) is 9.49. The monoisotopic (exact) mass is 276 g/mol. The highest BCUT2D eigenvalue weighted by Gasteiger charge is 2.41. The van der Waals surface area contributed by atoms with Crippen molar-refractivity contribution in [3.8, 4) is 5.75 Å². The van der Waals surface area contributed by atoms with Crippen molar-refractivity contribution >= 4 is 11.8 Å². The maximum absolute atomic E-state index is 12.1. The van der Waals surface area contributed by atoms with Gasteiger partial charge < -0.3 is 10.5 Å². The molecule has 2 amide bonds. The number of rotatable bonds is 4. The van der Waals surface area contributed by atoms with E-state index in [0.717, 1.165) is 16.9 Å². The Morgan fingerprint density at radius 2 is 1.80 bits per heavy atom. The van der Waals surface area contributed by atoms with Crippen LogP contribution in [0.15, 0.2) is 18.2 Å². The molecular formula is C15H20N2O3. The fourth-order valence-electron chi connectivity index (χ4n) is 2.46. The van der Waals surface area contributed by atoms with E-state index < -0.39 is 0 Å². The lowest BCUT2D eigenvalue weighted by Crippen LogP contribution is -2.30. The van der Waals surface area contributed by atoms with Crippen molar-refractivity contribution in [1.29, 1.82) is 0 Å². The first kappa shape index (κ1) is 14.5. The topological polar surface area (TPSA) is 72.6 Å². The van der Waals surface area contributed by atoms with Crippen LogP contribution in [-0.4, -0.2) is 23.8 Å². The largest absolute Gasteiger partial charge is 0.496 e. The second-order valence-corrected chi connectivity index (χ2v) is 5.19. The Kier molecular flexibility index (Phi) is 4.09. The molecule has 2 N–H and O–H groups in total. The number of methoxy groups -OCH3 is 1. The van der Waals surface area contributed by atoms with Gasteiger partial charge in [-0.15, -0.1) is 0 Å². The van der Waals surface area contributed by atoms with E-state index in [9.17, 15) is 9.59 Å². The molecular weight excluding hydrogens is 256 g/mol. The Labute approximate surface area is 118 Å². The molecule has 2 unspecified atom stereocenters. The molecule has 0 spiro atoms. The minimum atomic E-state index is -0.241. The van der Waals surface area contributed by atoms with Gasteiger partial charge in [-0.2, -0.15) is 0 Å². The first-order valence-corrected chi connectivity index (χ1v) is 6.70. The molecule has 2 rings (SSSR count). The summed E-state index contributed by atoms with van der Waals surface area (Å²) in [6, 6.07) is 5.55. The molecule has 1 aromatic carbocycles. The minimum Gasteiger partial charge on any atom is -0.496 e. The van der Waals surface area contributed by atoms with Crippen LogP contribution in [0.4, 0.5) is 0 Å². The van der Waals surface area contributed by atoms with Crippen molar-refractivity contribution in [2.45, 2.75) is 26.9 Å². The van der Waals surface area contributed by atoms with Crippen molar-refractivity contribution in [2.75, 3.05) is 7.11 Å². The maximum Gasteiger partial charge on any atom is 0.233 e. The van der Waals surface area contributed by atoms with Gasteiger partial charge in [0.25, 0.3) is 0 Å². The zero-order valence-corrected chi connectivity index (χ0v) is 12.1. The molecule has 108 valence electrons. The van der Waals surface area contributed by atoms with Crippen LogP contribution in [0.25, 0.3) is 0 Å². The predicted molar refractivity (Wildman–Crippen MR) is 74.8 cm³/mol. The van der Waals surface area contributed by atoms with Gasteiger partial charge >= 0.3 is 0 Å². The summed E-state index contributed by atoms with van der Waals surface area (Å²) in [6.45, 7) is 4.24. The lowest BCUT2D eigenvalue weighted by atomic mass is 10.00. The smallest absolute Gasteiger partial charge is 0.233 e. The molecule has 1 aliphatic rings. The highest BCUT2D eigenvalue weighted by molar-refractivity contribution is 6.04. The highest BCUT2D eigenvalue weighted by atomic mass is 16.5. The molecule has 0 aromatic heterocycles. The summed E-state index contributed by atoms with van der Waals surface area (Å²) in [5.41, 5.74) is 7.42. The van der Waals surface area contributed by atoms with Crippen LogP contribution in [-0.2, 0) is 22.7 Å². The summed E-state index contributed by atoms with van der Waals surface area (Å²) in [7, 11) is 1.59. The first-order valence-electron chi connectivity index (χ1n) is 6.70. The van der Waals surface area contributed by atoms with E-state index in [1.807, 2.05) is 18.2 Å². The van der Waals surface area contributed by atoms with Crippen molar-refractivity contribution < 1.29 is 14.3 Å². The third-order valence-corrected chi connectivity index (χ3v) is 3.97. The normalized spacial score (nSPS) is 22.5. The van der Waals surface area contributed by atoms with Gasteiger partial charge in [0.05, 0.1) is 13.7 Å². The molecule has 1 heterocycles. The highest BCUT2D eigenvalue weighted by Crippen LogP contribution is 2.28. The molecule has 20 heavy (non-hydrogen) atoms. The third kappa shape index (κ3) is 2.41. The van der Waals surface area contributed by atoms with Gasteiger partial charge in [0, 0.05) is 23.9 Å². The summed E-state index contributed by atoms with van der Waals surface area (Å²) in [4.78, 5) is 25.5. The number of imide groups is 1. The molecule has 0 saturated carbocycles. The van der Waals surface area contributed by atoms with Crippen LogP contribution in [0.5, 0.6) is 5.75 Å². The molecule has 5 nitrogen and oxygen atoms in total. The average molecular weight is 276 g/mol. The second kappa shape index (κ2) is 5.63. The number of benzene rings is 1. The van der Waals surface area contributed by atoms with Crippen molar-refractivity contribution in [3.05, 3.63) is 29.3 Å². The molecule has 2 atom stereocenters. The lowest BCUT2D eigenvalue weighted by Gasteiger charge is -2.16. The molecule has 0 bridgehead atoms. The van der Waals surface area contributed by atoms with E-state index in [1.165, 1.54) is 4.90 Å². The SMILES string of the molecule is COc1ccc(CN2C(=O)C(C)C(C)C2=O)cc1CN. The van der Waals surface area contributed by atoms with Crippen molar-refractivity contribution in [2.24, 2.45) is 17.6 Å². The summed E-state index contributed by atoms with van der Waals surface area (Å²) < 4.78 is 5.21. The average Bonchev–Trinajstić information content (AvgIpc) is 2.65. The Bertz CT molecular complexity index is 522. The standard InChI is InChI=1S/C15H20N2O3/c1-9-10(2)15(19)17(14(9)18)8-11-4-5-13(20-3)12(6-11)7-16/h4-6,9-10H,7-8,16H2,1-3H3. The van der Waals surface area contributed by atoms with Crippen LogP contribution in [0.1, 0.15) is 25.0 Å². The summed E-state index contributed by atoms with van der Waals surface area (Å²) in [5.74, 6) is 0.0294. The van der Waals surface area contributed by atoms with Gasteiger partial charge in [0.2, 0.25) is 11.8 Å². The van der Waals surface area contributed by atoms with Crippen LogP contribution in [0.3, 0.4) is 0 Å². The molecule has 1 aromatic rings. The fourth-order valence-corrected chi connectivity index (χ4v) is 2.46. The van der Waals surface area contributed by atoms with Crippen LogP contribution in [0, 0.1) is 11.8 Å². The van der Waals surface area contributed by atoms with Gasteiger partial charge in [0.1, 0.15) is 5.75 Å². The zero-order chi connectivity index (χ0) is 14.9. The van der Waals surface area contributed by atoms with Gasteiger partial charge in [-0.25, -0.2) is 0 Å². The number of nitrogens with zero attached hydrogens (tertiary/aromatic N) is 1. The Morgan fingerprint density at radius 1 is 1.20 bits per heavy atom. The van der Waals surface area contributed by atoms with Gasteiger partial charge in [0.15, 0.2) is 0 Å². The number of hydrogen-bond acceptors (Lipinski definition) is 4. The minimum absolute atomic E-state index is 0.104. The van der Waals surface area contributed by atoms with E-state index in [0.29, 0.717) is 13.1 Å². The van der Waals surface area contributed by atoms with E-state index in [1.54, 1.807) is 21.0 Å². The summed E-state index contributed by atoms with van der Waals surface area (Å²) in [5, 5.41) is 0. The fraction of sp³-hybridized carbons (Fsp3) is 0.467. The van der Waals surface area contributed by atoms with Crippen molar-refractivity contribution in [1.82, 2.24) is 4.90 Å². The predicted octanol–water partition coefficient (Wildman–Crippen LogP) is 1.29. The Balaban J connectivity index is 2.22. The van der Waals surface area contributed by atoms with Gasteiger partial charge in [-0.3, -0.25) is 14.5 Å². The maximum atomic E-state index is 12.1. The number of carbonyl (C=O) groups excluding carboxylic acids is 2. The molecule has 1 fully saturated rings. The summed E-state index contributed by atoms with van der Waals surface area (Å²) >= 11 is 0. The Hall–Kier alpha value is -1.88. The van der Waals surface area contributed by atoms with Crippen LogP contribution >= 0.6 is 0 Å².